The van der Waals surface area contributed by atoms with Crippen molar-refractivity contribution >= 4 is 33.4 Å². The molecule has 1 amide bonds. The maximum Gasteiger partial charge on any atom is 0.289 e. The van der Waals surface area contributed by atoms with E-state index in [9.17, 15) is 23.3 Å². The van der Waals surface area contributed by atoms with E-state index in [4.69, 9.17) is 4.74 Å². The minimum atomic E-state index is -4.05. The van der Waals surface area contributed by atoms with Crippen LogP contribution in [-0.4, -0.2) is 68.0 Å². The number of methoxy groups -OCH3 is 1. The molecule has 2 aromatic rings. The molecule has 1 fully saturated rings. The van der Waals surface area contributed by atoms with E-state index < -0.39 is 20.6 Å². The quantitative estimate of drug-likeness (QED) is 0.377. The van der Waals surface area contributed by atoms with E-state index in [2.05, 4.69) is 0 Å². The maximum atomic E-state index is 12.9. The normalized spacial score (nSPS) is 15.1. The van der Waals surface area contributed by atoms with Gasteiger partial charge in [-0.3, -0.25) is 14.9 Å². The van der Waals surface area contributed by atoms with Crippen LogP contribution < -0.4 is 4.74 Å². The van der Waals surface area contributed by atoms with Gasteiger partial charge in [-0.2, -0.15) is 4.31 Å². The first-order chi connectivity index (χ1) is 14.3. The summed E-state index contributed by atoms with van der Waals surface area (Å²) >= 11 is 1.53. The van der Waals surface area contributed by atoms with Crippen molar-refractivity contribution in [2.24, 2.45) is 0 Å². The van der Waals surface area contributed by atoms with E-state index in [-0.39, 0.29) is 37.0 Å². The second-order valence-corrected chi connectivity index (χ2v) is 9.27. The number of hydrogen-bond acceptors (Lipinski definition) is 7. The Labute approximate surface area is 178 Å². The Hall–Kier alpha value is -2.63. The lowest BCUT2D eigenvalue weighted by Gasteiger charge is -2.34. The highest BCUT2D eigenvalue weighted by molar-refractivity contribution is 7.98. The first-order valence-corrected chi connectivity index (χ1v) is 11.7. The number of sulfonamides is 1. The highest BCUT2D eigenvalue weighted by atomic mass is 32.2. The van der Waals surface area contributed by atoms with E-state index in [0.29, 0.717) is 11.3 Å². The summed E-state index contributed by atoms with van der Waals surface area (Å²) in [7, 11) is -2.55. The van der Waals surface area contributed by atoms with Crippen molar-refractivity contribution < 1.29 is 22.9 Å². The number of thioether (sulfide) groups is 1. The van der Waals surface area contributed by atoms with Gasteiger partial charge in [0.15, 0.2) is 4.90 Å². The number of ether oxygens (including phenoxy) is 1. The van der Waals surface area contributed by atoms with Crippen molar-refractivity contribution in [2.45, 2.75) is 9.79 Å². The Balaban J connectivity index is 1.77. The summed E-state index contributed by atoms with van der Waals surface area (Å²) in [5.74, 6) is 0.212. The van der Waals surface area contributed by atoms with Crippen LogP contribution in [0.25, 0.3) is 0 Å². The van der Waals surface area contributed by atoms with E-state index in [0.717, 1.165) is 11.0 Å². The zero-order valence-corrected chi connectivity index (χ0v) is 18.1. The second-order valence-electron chi connectivity index (χ2n) is 6.49. The van der Waals surface area contributed by atoms with Crippen LogP contribution in [0.3, 0.4) is 0 Å². The van der Waals surface area contributed by atoms with Crippen LogP contribution in [0.15, 0.2) is 52.3 Å². The van der Waals surface area contributed by atoms with Crippen LogP contribution in [0.2, 0.25) is 0 Å². The van der Waals surface area contributed by atoms with Gasteiger partial charge in [-0.05, 0) is 30.5 Å². The summed E-state index contributed by atoms with van der Waals surface area (Å²) in [6.45, 7) is 0.439. The zero-order chi connectivity index (χ0) is 21.9. The monoisotopic (exact) mass is 451 g/mol. The third kappa shape index (κ3) is 4.27. The molecular weight excluding hydrogens is 430 g/mol. The molecule has 9 nitrogen and oxygen atoms in total. The van der Waals surface area contributed by atoms with Gasteiger partial charge in [0.1, 0.15) is 5.75 Å². The SMILES string of the molecule is COc1cc(SC)ccc1C(=O)N1CCN(S(=O)(=O)c2ccccc2[N+](=O)[O-])CC1. The molecule has 0 saturated carbocycles. The molecule has 160 valence electrons. The molecule has 2 aromatic carbocycles. The van der Waals surface area contributed by atoms with Crippen LogP contribution >= 0.6 is 11.8 Å². The van der Waals surface area contributed by atoms with Crippen LogP contribution in [0, 0.1) is 10.1 Å². The van der Waals surface area contributed by atoms with Gasteiger partial charge in [0.05, 0.1) is 17.6 Å². The van der Waals surface area contributed by atoms with Crippen molar-refractivity contribution in [3.8, 4) is 5.75 Å². The van der Waals surface area contributed by atoms with Crippen LogP contribution in [0.4, 0.5) is 5.69 Å². The number of hydrogen-bond donors (Lipinski definition) is 0. The molecule has 0 unspecified atom stereocenters. The number of para-hydroxylation sites is 1. The second kappa shape index (κ2) is 9.02. The summed E-state index contributed by atoms with van der Waals surface area (Å²) in [6.07, 6.45) is 1.92. The van der Waals surface area contributed by atoms with E-state index in [1.165, 1.54) is 41.4 Å². The summed E-state index contributed by atoms with van der Waals surface area (Å²) in [6, 6.07) is 10.6. The topological polar surface area (TPSA) is 110 Å². The van der Waals surface area contributed by atoms with Gasteiger partial charge in [0, 0.05) is 37.1 Å². The fourth-order valence-corrected chi connectivity index (χ4v) is 5.25. The summed E-state index contributed by atoms with van der Waals surface area (Å²) in [4.78, 5) is 25.6. The lowest BCUT2D eigenvalue weighted by molar-refractivity contribution is -0.387. The van der Waals surface area contributed by atoms with E-state index in [1.807, 2.05) is 12.3 Å². The number of carbonyl (C=O) groups is 1. The fraction of sp³-hybridized carbons (Fsp3) is 0.316. The van der Waals surface area contributed by atoms with Crippen LogP contribution in [0.5, 0.6) is 5.75 Å². The number of amides is 1. The molecule has 30 heavy (non-hydrogen) atoms. The summed E-state index contributed by atoms with van der Waals surface area (Å²) < 4.78 is 32.4. The Bertz CT molecular complexity index is 1070. The summed E-state index contributed by atoms with van der Waals surface area (Å²) in [5, 5.41) is 11.2. The minimum absolute atomic E-state index is 0.0470. The van der Waals surface area contributed by atoms with Crippen LogP contribution in [0.1, 0.15) is 10.4 Å². The number of nitro benzene ring substituents is 1. The molecule has 0 atom stereocenters. The van der Waals surface area contributed by atoms with Gasteiger partial charge in [0.25, 0.3) is 11.6 Å². The lowest BCUT2D eigenvalue weighted by Crippen LogP contribution is -2.50. The largest absolute Gasteiger partial charge is 0.496 e. The highest BCUT2D eigenvalue weighted by Crippen LogP contribution is 2.29. The Morgan fingerprint density at radius 2 is 1.80 bits per heavy atom. The van der Waals surface area contributed by atoms with Crippen molar-refractivity contribution in [1.29, 1.82) is 0 Å². The fourth-order valence-electron chi connectivity index (χ4n) is 3.24. The molecule has 0 aromatic heterocycles. The molecule has 11 heteroatoms. The Morgan fingerprint density at radius 3 is 2.40 bits per heavy atom. The molecule has 0 N–H and O–H groups in total. The number of rotatable bonds is 6. The average Bonchev–Trinajstić information content (AvgIpc) is 2.78. The van der Waals surface area contributed by atoms with Crippen molar-refractivity contribution in [3.63, 3.8) is 0 Å². The van der Waals surface area contributed by atoms with Crippen LogP contribution in [-0.2, 0) is 10.0 Å². The third-order valence-electron chi connectivity index (χ3n) is 4.84. The van der Waals surface area contributed by atoms with Gasteiger partial charge in [-0.15, -0.1) is 11.8 Å². The molecule has 1 aliphatic heterocycles. The molecular formula is C19H21N3O6S2. The standard InChI is InChI=1S/C19H21N3O6S2/c1-28-17-13-14(29-2)7-8-15(17)19(23)20-9-11-21(12-10-20)30(26,27)18-6-4-3-5-16(18)22(24)25/h3-8,13H,9-12H2,1-2H3. The smallest absolute Gasteiger partial charge is 0.289 e. The van der Waals surface area contributed by atoms with Crippen molar-refractivity contribution in [2.75, 3.05) is 39.5 Å². The third-order valence-corrected chi connectivity index (χ3v) is 7.52. The van der Waals surface area contributed by atoms with Gasteiger partial charge in [0.2, 0.25) is 10.0 Å². The highest BCUT2D eigenvalue weighted by Gasteiger charge is 2.34. The Morgan fingerprint density at radius 1 is 1.13 bits per heavy atom. The number of nitro groups is 1. The van der Waals surface area contributed by atoms with Gasteiger partial charge in [-0.25, -0.2) is 8.42 Å². The predicted octanol–water partition coefficient (Wildman–Crippen LogP) is 2.47. The maximum absolute atomic E-state index is 12.9. The average molecular weight is 452 g/mol. The van der Waals surface area contributed by atoms with E-state index >= 15 is 0 Å². The number of carbonyl (C=O) groups excluding carboxylic acids is 1. The summed E-state index contributed by atoms with van der Waals surface area (Å²) in [5.41, 5.74) is -0.0556. The predicted molar refractivity (Wildman–Crippen MR) is 113 cm³/mol. The zero-order valence-electron chi connectivity index (χ0n) is 16.5. The minimum Gasteiger partial charge on any atom is -0.496 e. The van der Waals surface area contributed by atoms with Gasteiger partial charge < -0.3 is 9.64 Å². The van der Waals surface area contributed by atoms with E-state index in [1.54, 1.807) is 17.0 Å². The lowest BCUT2D eigenvalue weighted by atomic mass is 10.1. The molecule has 0 aliphatic carbocycles. The number of benzene rings is 2. The molecule has 0 radical (unpaired) electrons. The van der Waals surface area contributed by atoms with Crippen molar-refractivity contribution in [1.82, 2.24) is 9.21 Å². The molecule has 3 rings (SSSR count). The van der Waals surface area contributed by atoms with Crippen molar-refractivity contribution in [3.05, 3.63) is 58.1 Å². The Kier molecular flexibility index (Phi) is 6.64. The molecule has 0 spiro atoms. The number of nitrogens with zero attached hydrogens (tertiary/aromatic N) is 3. The first-order valence-electron chi connectivity index (χ1n) is 9.04. The van der Waals surface area contributed by atoms with Gasteiger partial charge in [-0.1, -0.05) is 12.1 Å². The molecule has 1 heterocycles. The first kappa shape index (κ1) is 22.1. The molecule has 1 aliphatic rings. The number of piperazine rings is 1. The van der Waals surface area contributed by atoms with Gasteiger partial charge >= 0.3 is 0 Å². The molecule has 1 saturated heterocycles. The molecule has 0 bridgehead atoms.